The molecule has 0 bridgehead atoms. The molecule has 0 saturated carbocycles. The van der Waals surface area contributed by atoms with Crippen LogP contribution in [-0.2, 0) is 0 Å². The Morgan fingerprint density at radius 2 is 1.20 bits per heavy atom. The molecule has 0 fully saturated rings. The molecule has 0 nitrogen and oxygen atoms in total. The third-order valence-electron chi connectivity index (χ3n) is 1.39. The fourth-order valence-corrected chi connectivity index (χ4v) is 0.427. The summed E-state index contributed by atoms with van der Waals surface area (Å²) in [6, 6.07) is 0. The fourth-order valence-electron chi connectivity index (χ4n) is 0.427. The first-order valence-corrected chi connectivity index (χ1v) is 3.35. The minimum atomic E-state index is 1.17. The predicted octanol–water partition coefficient (Wildman–Crippen LogP) is 3.72. The first-order valence-electron chi connectivity index (χ1n) is 3.35. The molecule has 0 saturated heterocycles. The van der Waals surface area contributed by atoms with Gasteiger partial charge in [0, 0.05) is 0 Å². The van der Waals surface area contributed by atoms with Gasteiger partial charge in [0.2, 0.25) is 0 Å². The molecule has 0 aromatic rings. The zero-order chi connectivity index (χ0) is 8.73. The summed E-state index contributed by atoms with van der Waals surface area (Å²) >= 11 is 0. The van der Waals surface area contributed by atoms with E-state index in [-0.39, 0.29) is 0 Å². The van der Waals surface area contributed by atoms with E-state index in [2.05, 4.69) is 40.5 Å². The molecule has 58 valence electrons. The third kappa shape index (κ3) is 5.36. The molecule has 0 amide bonds. The molecule has 10 heavy (non-hydrogen) atoms. The maximum atomic E-state index is 3.82. The zero-order valence-electron chi connectivity index (χ0n) is 7.62. The Morgan fingerprint density at radius 1 is 0.900 bits per heavy atom. The lowest BCUT2D eigenvalue weighted by Gasteiger charge is -1.99. The van der Waals surface area contributed by atoms with Crippen LogP contribution in [-0.4, -0.2) is 0 Å². The number of allylic oxidation sites excluding steroid dienone is 3. The van der Waals surface area contributed by atoms with Gasteiger partial charge in [-0.1, -0.05) is 23.3 Å². The zero-order valence-corrected chi connectivity index (χ0v) is 7.62. The molecule has 0 spiro atoms. The van der Waals surface area contributed by atoms with Crippen molar-refractivity contribution in [2.75, 3.05) is 0 Å². The van der Waals surface area contributed by atoms with Crippen molar-refractivity contribution in [2.24, 2.45) is 0 Å². The van der Waals surface area contributed by atoms with Gasteiger partial charge < -0.3 is 0 Å². The molecule has 0 N–H and O–H groups in total. The summed E-state index contributed by atoms with van der Waals surface area (Å²) in [4.78, 5) is 0. The molecule has 0 unspecified atom stereocenters. The first kappa shape index (κ1) is 12.0. The Morgan fingerprint density at radius 3 is 1.20 bits per heavy atom. The van der Waals surface area contributed by atoms with Crippen LogP contribution in [0.4, 0.5) is 0 Å². The van der Waals surface area contributed by atoms with E-state index >= 15 is 0 Å². The van der Waals surface area contributed by atoms with Crippen molar-refractivity contribution in [3.8, 4) is 0 Å². The fraction of sp³-hybridized carbons (Fsp3) is 0.400. The Labute approximate surface area is 65.0 Å². The van der Waals surface area contributed by atoms with Gasteiger partial charge in [-0.2, -0.15) is 0 Å². The van der Waals surface area contributed by atoms with E-state index in [1.807, 2.05) is 6.92 Å². The van der Waals surface area contributed by atoms with Crippen LogP contribution in [0.1, 0.15) is 27.7 Å². The van der Waals surface area contributed by atoms with Crippen molar-refractivity contribution in [1.29, 1.82) is 0 Å². The normalized spacial score (nSPS) is 7.20. The van der Waals surface area contributed by atoms with Crippen LogP contribution < -0.4 is 0 Å². The van der Waals surface area contributed by atoms with Crippen LogP contribution in [0.5, 0.6) is 0 Å². The molecule has 0 heteroatoms. The van der Waals surface area contributed by atoms with Crippen molar-refractivity contribution < 1.29 is 0 Å². The summed E-state index contributed by atoms with van der Waals surface area (Å²) in [6.45, 7) is 18.1. The SMILES string of the molecule is C=C.C=C(C)C(C)=C(C)C. The Bertz CT molecular complexity index is 134. The van der Waals surface area contributed by atoms with Crippen LogP contribution in [0.3, 0.4) is 0 Å². The molecule has 0 rings (SSSR count). The maximum Gasteiger partial charge on any atom is -0.0396 e. The lowest BCUT2D eigenvalue weighted by atomic mass is 10.1. The molecule has 0 aromatic heterocycles. The monoisotopic (exact) mass is 138 g/mol. The number of hydrogen-bond acceptors (Lipinski definition) is 0. The molecule has 0 heterocycles. The molecule has 0 aliphatic heterocycles. The largest absolute Gasteiger partial charge is 0.106 e. The van der Waals surface area contributed by atoms with Crippen molar-refractivity contribution in [3.63, 3.8) is 0 Å². The molecule has 0 aromatic carbocycles. The molecule has 0 aliphatic rings. The van der Waals surface area contributed by atoms with E-state index in [0.29, 0.717) is 0 Å². The second-order valence-electron chi connectivity index (χ2n) is 2.41. The predicted molar refractivity (Wildman–Crippen MR) is 50.1 cm³/mol. The third-order valence-corrected chi connectivity index (χ3v) is 1.39. The molecule has 0 radical (unpaired) electrons. The van der Waals surface area contributed by atoms with E-state index in [1.165, 1.54) is 16.7 Å². The van der Waals surface area contributed by atoms with Gasteiger partial charge >= 0.3 is 0 Å². The van der Waals surface area contributed by atoms with E-state index in [0.717, 1.165) is 0 Å². The summed E-state index contributed by atoms with van der Waals surface area (Å²) in [5.74, 6) is 0. The van der Waals surface area contributed by atoms with Crippen LogP contribution in [0.15, 0.2) is 36.5 Å². The average molecular weight is 138 g/mol. The summed E-state index contributed by atoms with van der Waals surface area (Å²) < 4.78 is 0. The standard InChI is InChI=1S/C8H14.C2H4/c1-6(2)8(5)7(3)4;1-2/h1H2,2-5H3;1-2H2. The lowest BCUT2D eigenvalue weighted by molar-refractivity contribution is 1.23. The van der Waals surface area contributed by atoms with E-state index in [1.54, 1.807) is 0 Å². The van der Waals surface area contributed by atoms with Crippen LogP contribution in [0, 0.1) is 0 Å². The van der Waals surface area contributed by atoms with Crippen LogP contribution >= 0.6 is 0 Å². The van der Waals surface area contributed by atoms with Crippen molar-refractivity contribution >= 4 is 0 Å². The van der Waals surface area contributed by atoms with E-state index in [9.17, 15) is 0 Å². The van der Waals surface area contributed by atoms with Crippen LogP contribution in [0.25, 0.3) is 0 Å². The van der Waals surface area contributed by atoms with Crippen molar-refractivity contribution in [2.45, 2.75) is 27.7 Å². The molecule has 0 atom stereocenters. The van der Waals surface area contributed by atoms with Gasteiger partial charge in [0.05, 0.1) is 0 Å². The van der Waals surface area contributed by atoms with Gasteiger partial charge in [0.1, 0.15) is 0 Å². The van der Waals surface area contributed by atoms with Crippen molar-refractivity contribution in [1.82, 2.24) is 0 Å². The minimum Gasteiger partial charge on any atom is -0.106 e. The van der Waals surface area contributed by atoms with Gasteiger partial charge in [-0.15, -0.1) is 13.2 Å². The van der Waals surface area contributed by atoms with Gasteiger partial charge in [0.25, 0.3) is 0 Å². The average Bonchev–Trinajstić information content (AvgIpc) is 1.90. The quantitative estimate of drug-likeness (QED) is 0.382. The Kier molecular flexibility index (Phi) is 7.58. The van der Waals surface area contributed by atoms with Gasteiger partial charge in [-0.25, -0.2) is 0 Å². The summed E-state index contributed by atoms with van der Waals surface area (Å²) in [5, 5.41) is 0. The number of rotatable bonds is 1. The second-order valence-corrected chi connectivity index (χ2v) is 2.41. The highest BCUT2D eigenvalue weighted by Gasteiger charge is 1.88. The lowest BCUT2D eigenvalue weighted by Crippen LogP contribution is -1.78. The molecule has 0 aliphatic carbocycles. The Balaban J connectivity index is 0. The number of hydrogen-bond donors (Lipinski definition) is 0. The highest BCUT2D eigenvalue weighted by atomic mass is 13.9. The highest BCUT2D eigenvalue weighted by molar-refractivity contribution is 5.27. The summed E-state index contributed by atoms with van der Waals surface area (Å²) in [5.41, 5.74) is 3.85. The minimum absolute atomic E-state index is 1.17. The summed E-state index contributed by atoms with van der Waals surface area (Å²) in [6.07, 6.45) is 0. The van der Waals surface area contributed by atoms with Gasteiger partial charge in [0.15, 0.2) is 0 Å². The summed E-state index contributed by atoms with van der Waals surface area (Å²) in [7, 11) is 0. The highest BCUT2D eigenvalue weighted by Crippen LogP contribution is 2.09. The molecular formula is C10H18. The van der Waals surface area contributed by atoms with E-state index in [4.69, 9.17) is 0 Å². The second kappa shape index (κ2) is 6.34. The Hall–Kier alpha value is -0.780. The maximum absolute atomic E-state index is 3.82. The molecular weight excluding hydrogens is 120 g/mol. The first-order chi connectivity index (χ1) is 4.55. The topological polar surface area (TPSA) is 0 Å². The van der Waals surface area contributed by atoms with Gasteiger partial charge in [-0.3, -0.25) is 0 Å². The smallest absolute Gasteiger partial charge is 0.0396 e. The van der Waals surface area contributed by atoms with Crippen LogP contribution in [0.2, 0.25) is 0 Å². The van der Waals surface area contributed by atoms with E-state index < -0.39 is 0 Å². The van der Waals surface area contributed by atoms with Gasteiger partial charge in [-0.05, 0) is 27.7 Å². The van der Waals surface area contributed by atoms with Crippen molar-refractivity contribution in [3.05, 3.63) is 36.5 Å².